The molecule has 1 heterocycles. The molecule has 98 valence electrons. The van der Waals surface area contributed by atoms with Crippen molar-refractivity contribution in [3.8, 4) is 0 Å². The van der Waals surface area contributed by atoms with Crippen molar-refractivity contribution in [3.63, 3.8) is 0 Å². The highest BCUT2D eigenvalue weighted by Gasteiger charge is 2.33. The third-order valence-electron chi connectivity index (χ3n) is 3.60. The molecule has 0 aromatic heterocycles. The highest BCUT2D eigenvalue weighted by Crippen LogP contribution is 2.41. The zero-order valence-corrected chi connectivity index (χ0v) is 11.1. The van der Waals surface area contributed by atoms with Crippen LogP contribution in [0.15, 0.2) is 24.3 Å². The van der Waals surface area contributed by atoms with Gasteiger partial charge in [-0.05, 0) is 31.4 Å². The zero-order chi connectivity index (χ0) is 13.0. The summed E-state index contributed by atoms with van der Waals surface area (Å²) in [7, 11) is 0. The van der Waals surface area contributed by atoms with Crippen LogP contribution in [0.4, 0.5) is 5.69 Å². The molecule has 0 amide bonds. The Kier molecular flexibility index (Phi) is 4.24. The van der Waals surface area contributed by atoms with E-state index in [0.717, 1.165) is 30.6 Å². The van der Waals surface area contributed by atoms with E-state index in [2.05, 4.69) is 0 Å². The van der Waals surface area contributed by atoms with Crippen LogP contribution in [0, 0.1) is 10.1 Å². The molecule has 18 heavy (non-hydrogen) atoms. The number of para-hydroxylation sites is 1. The number of nitro benzene ring substituents is 1. The van der Waals surface area contributed by atoms with Crippen LogP contribution in [0.2, 0.25) is 0 Å². The van der Waals surface area contributed by atoms with Gasteiger partial charge in [0.1, 0.15) is 0 Å². The van der Waals surface area contributed by atoms with Crippen molar-refractivity contribution in [2.45, 2.75) is 30.4 Å². The fourth-order valence-corrected chi connectivity index (χ4v) is 3.85. The minimum Gasteiger partial charge on any atom is -0.329 e. The van der Waals surface area contributed by atoms with Crippen molar-refractivity contribution >= 4 is 17.4 Å². The number of nitrogens with zero attached hydrogens (tertiary/aromatic N) is 1. The molecule has 1 atom stereocenters. The van der Waals surface area contributed by atoms with Gasteiger partial charge in [0.2, 0.25) is 0 Å². The molecular weight excluding hydrogens is 248 g/mol. The first kappa shape index (κ1) is 13.4. The first-order valence-corrected chi connectivity index (χ1v) is 7.22. The minimum atomic E-state index is -0.299. The number of nitro groups is 1. The number of hydrogen-bond donors (Lipinski definition) is 1. The smallest absolute Gasteiger partial charge is 0.272 e. The maximum Gasteiger partial charge on any atom is 0.272 e. The summed E-state index contributed by atoms with van der Waals surface area (Å²) < 4.78 is 0.143. The molecule has 2 N–H and O–H groups in total. The molecule has 0 radical (unpaired) electrons. The molecule has 1 aliphatic rings. The van der Waals surface area contributed by atoms with Gasteiger partial charge in [0, 0.05) is 22.9 Å². The van der Waals surface area contributed by atoms with Crippen molar-refractivity contribution in [1.82, 2.24) is 0 Å². The first-order valence-electron chi connectivity index (χ1n) is 6.23. The van der Waals surface area contributed by atoms with E-state index in [1.54, 1.807) is 12.1 Å². The van der Waals surface area contributed by atoms with Crippen molar-refractivity contribution < 1.29 is 4.92 Å². The van der Waals surface area contributed by atoms with Gasteiger partial charge in [-0.2, -0.15) is 11.8 Å². The molecule has 0 aliphatic carbocycles. The Bertz CT molecular complexity index is 431. The quantitative estimate of drug-likeness (QED) is 0.657. The Morgan fingerprint density at radius 1 is 1.44 bits per heavy atom. The van der Waals surface area contributed by atoms with Gasteiger partial charge < -0.3 is 5.73 Å². The van der Waals surface area contributed by atoms with Crippen LogP contribution in [-0.2, 0) is 6.42 Å². The molecule has 0 bridgehead atoms. The number of hydrogen-bond acceptors (Lipinski definition) is 4. The monoisotopic (exact) mass is 266 g/mol. The van der Waals surface area contributed by atoms with E-state index in [-0.39, 0.29) is 15.4 Å². The normalized spacial score (nSPS) is 23.2. The molecule has 1 aromatic rings. The molecule has 0 spiro atoms. The van der Waals surface area contributed by atoms with Gasteiger partial charge in [-0.25, -0.2) is 0 Å². The molecule has 1 saturated heterocycles. The summed E-state index contributed by atoms with van der Waals surface area (Å²) >= 11 is 1.93. The molecular formula is C13H18N2O2S. The topological polar surface area (TPSA) is 69.2 Å². The zero-order valence-electron chi connectivity index (χ0n) is 10.3. The van der Waals surface area contributed by atoms with Gasteiger partial charge in [0.25, 0.3) is 5.69 Å². The Balaban J connectivity index is 2.08. The summed E-state index contributed by atoms with van der Waals surface area (Å²) in [6.07, 6.45) is 4.01. The number of thioether (sulfide) groups is 1. The van der Waals surface area contributed by atoms with Crippen molar-refractivity contribution in [1.29, 1.82) is 0 Å². The lowest BCUT2D eigenvalue weighted by Gasteiger charge is -2.26. The van der Waals surface area contributed by atoms with E-state index in [0.29, 0.717) is 6.54 Å². The molecule has 2 rings (SSSR count). The van der Waals surface area contributed by atoms with Crippen LogP contribution >= 0.6 is 11.8 Å². The summed E-state index contributed by atoms with van der Waals surface area (Å²) in [6, 6.07) is 7.00. The van der Waals surface area contributed by atoms with Crippen molar-refractivity contribution in [2.75, 3.05) is 12.3 Å². The van der Waals surface area contributed by atoms with Crippen LogP contribution in [-0.4, -0.2) is 22.0 Å². The summed E-state index contributed by atoms with van der Waals surface area (Å²) in [5.74, 6) is 1.16. The maximum absolute atomic E-state index is 10.9. The van der Waals surface area contributed by atoms with E-state index in [9.17, 15) is 10.1 Å². The van der Waals surface area contributed by atoms with Gasteiger partial charge in [-0.1, -0.05) is 18.2 Å². The fourth-order valence-electron chi connectivity index (χ4n) is 2.48. The lowest BCUT2D eigenvalue weighted by atomic mass is 9.94. The number of rotatable bonds is 5. The second-order valence-electron chi connectivity index (χ2n) is 4.72. The predicted octanol–water partition coefficient (Wildman–Crippen LogP) is 2.75. The Labute approximate surface area is 111 Å². The van der Waals surface area contributed by atoms with Crippen LogP contribution in [0.5, 0.6) is 0 Å². The maximum atomic E-state index is 10.9. The van der Waals surface area contributed by atoms with Gasteiger partial charge in [-0.3, -0.25) is 10.1 Å². The summed E-state index contributed by atoms with van der Waals surface area (Å²) in [6.45, 7) is 0.665. The van der Waals surface area contributed by atoms with Crippen molar-refractivity contribution in [2.24, 2.45) is 5.73 Å². The van der Waals surface area contributed by atoms with Crippen LogP contribution in [0.3, 0.4) is 0 Å². The highest BCUT2D eigenvalue weighted by atomic mass is 32.2. The van der Waals surface area contributed by atoms with Crippen LogP contribution in [0.1, 0.15) is 24.8 Å². The number of benzene rings is 1. The van der Waals surface area contributed by atoms with Gasteiger partial charge in [-0.15, -0.1) is 0 Å². The Hall–Kier alpha value is -1.07. The second kappa shape index (κ2) is 5.71. The molecule has 1 fully saturated rings. The summed E-state index contributed by atoms with van der Waals surface area (Å²) in [5.41, 5.74) is 6.93. The number of nitrogens with two attached hydrogens (primary N) is 1. The number of aryl methyl sites for hydroxylation is 1. The summed E-state index contributed by atoms with van der Waals surface area (Å²) in [4.78, 5) is 10.6. The van der Waals surface area contributed by atoms with Gasteiger partial charge >= 0.3 is 0 Å². The minimum absolute atomic E-state index is 0.143. The SMILES string of the molecule is NCC1(CCc2ccccc2[N+](=O)[O-])CCCS1. The Morgan fingerprint density at radius 3 is 2.83 bits per heavy atom. The lowest BCUT2D eigenvalue weighted by Crippen LogP contribution is -2.32. The molecule has 4 nitrogen and oxygen atoms in total. The highest BCUT2D eigenvalue weighted by molar-refractivity contribution is 8.00. The molecule has 1 aromatic carbocycles. The van der Waals surface area contributed by atoms with E-state index in [1.165, 1.54) is 6.42 Å². The standard InChI is InChI=1S/C13H18N2O2S/c14-10-13(7-3-9-18-13)8-6-11-4-1-2-5-12(11)15(16)17/h1-2,4-5H,3,6-10,14H2. The summed E-state index contributed by atoms with van der Waals surface area (Å²) in [5, 5.41) is 10.9. The molecule has 0 saturated carbocycles. The van der Waals surface area contributed by atoms with Crippen molar-refractivity contribution in [3.05, 3.63) is 39.9 Å². The first-order chi connectivity index (χ1) is 8.67. The molecule has 1 unspecified atom stereocenters. The average Bonchev–Trinajstić information content (AvgIpc) is 2.86. The lowest BCUT2D eigenvalue weighted by molar-refractivity contribution is -0.385. The third-order valence-corrected chi connectivity index (χ3v) is 5.28. The van der Waals surface area contributed by atoms with Gasteiger partial charge in [0.05, 0.1) is 4.92 Å². The van der Waals surface area contributed by atoms with Gasteiger partial charge in [0.15, 0.2) is 0 Å². The van der Waals surface area contributed by atoms with Crippen LogP contribution in [0.25, 0.3) is 0 Å². The second-order valence-corrected chi connectivity index (χ2v) is 6.29. The fraction of sp³-hybridized carbons (Fsp3) is 0.538. The van der Waals surface area contributed by atoms with E-state index in [4.69, 9.17) is 5.73 Å². The predicted molar refractivity (Wildman–Crippen MR) is 74.9 cm³/mol. The van der Waals surface area contributed by atoms with Crippen LogP contribution < -0.4 is 5.73 Å². The van der Waals surface area contributed by atoms with E-state index < -0.39 is 0 Å². The van der Waals surface area contributed by atoms with E-state index in [1.807, 2.05) is 23.9 Å². The molecule has 1 aliphatic heterocycles. The van der Waals surface area contributed by atoms with E-state index >= 15 is 0 Å². The molecule has 5 heteroatoms. The average molecular weight is 266 g/mol. The third kappa shape index (κ3) is 2.84. The largest absolute Gasteiger partial charge is 0.329 e. The Morgan fingerprint density at radius 2 is 2.22 bits per heavy atom.